The van der Waals surface area contributed by atoms with Gasteiger partial charge in [-0.2, -0.15) is 0 Å². The van der Waals surface area contributed by atoms with Crippen LogP contribution < -0.4 is 5.73 Å². The number of allylic oxidation sites excluding steroid dienone is 4. The maximum absolute atomic E-state index is 5.49. The average Bonchev–Trinajstić information content (AvgIpc) is 1.77. The van der Waals surface area contributed by atoms with Crippen molar-refractivity contribution in [3.05, 3.63) is 36.1 Å². The highest BCUT2D eigenvalue weighted by molar-refractivity contribution is 5.34. The Morgan fingerprint density at radius 3 is 2.75 bits per heavy atom. The van der Waals surface area contributed by atoms with E-state index in [1.165, 1.54) is 0 Å². The summed E-state index contributed by atoms with van der Waals surface area (Å²) in [6, 6.07) is 0. The fraction of sp³-hybridized carbons (Fsp3) is 0.143. The normalized spacial score (nSPS) is 18.5. The molecular formula is C7H9N. The van der Waals surface area contributed by atoms with E-state index in [9.17, 15) is 0 Å². The molecule has 0 bridgehead atoms. The lowest BCUT2D eigenvalue weighted by molar-refractivity contribution is 1.17. The molecule has 0 unspecified atom stereocenters. The smallest absolute Gasteiger partial charge is 0.0343 e. The molecule has 1 rings (SSSR count). The fourth-order valence-corrected chi connectivity index (χ4v) is 0.618. The van der Waals surface area contributed by atoms with Gasteiger partial charge in [-0.25, -0.2) is 0 Å². The Labute approximate surface area is 49.2 Å². The fourth-order valence-electron chi connectivity index (χ4n) is 0.618. The van der Waals surface area contributed by atoms with Crippen LogP contribution in [0.15, 0.2) is 36.1 Å². The van der Waals surface area contributed by atoms with Gasteiger partial charge in [-0.1, -0.05) is 18.7 Å². The van der Waals surface area contributed by atoms with Gasteiger partial charge < -0.3 is 5.73 Å². The first-order valence-electron chi connectivity index (χ1n) is 2.61. The lowest BCUT2D eigenvalue weighted by Gasteiger charge is -2.04. The zero-order valence-corrected chi connectivity index (χ0v) is 4.72. The third kappa shape index (κ3) is 0.808. The molecule has 0 saturated heterocycles. The monoisotopic (exact) mass is 107 g/mol. The average molecular weight is 107 g/mol. The maximum atomic E-state index is 5.49. The lowest BCUT2D eigenvalue weighted by Crippen LogP contribution is -2.00. The molecule has 42 valence electrons. The molecule has 0 aromatic rings. The van der Waals surface area contributed by atoms with Crippen molar-refractivity contribution in [3.63, 3.8) is 0 Å². The summed E-state index contributed by atoms with van der Waals surface area (Å²) in [5.74, 6) is 0. The molecule has 1 aliphatic rings. The maximum Gasteiger partial charge on any atom is 0.0343 e. The first-order chi connectivity index (χ1) is 3.80. The van der Waals surface area contributed by atoms with E-state index in [1.807, 2.05) is 18.2 Å². The van der Waals surface area contributed by atoms with Gasteiger partial charge in [-0.15, -0.1) is 0 Å². The van der Waals surface area contributed by atoms with E-state index in [4.69, 9.17) is 5.73 Å². The van der Waals surface area contributed by atoms with Crippen molar-refractivity contribution in [3.8, 4) is 0 Å². The zero-order chi connectivity index (χ0) is 5.98. The minimum atomic E-state index is 0.813. The van der Waals surface area contributed by atoms with Crippen LogP contribution in [0.3, 0.4) is 0 Å². The summed E-state index contributed by atoms with van der Waals surface area (Å²) in [7, 11) is 0. The predicted molar refractivity (Wildman–Crippen MR) is 35.2 cm³/mol. The van der Waals surface area contributed by atoms with Crippen LogP contribution in [0.1, 0.15) is 6.42 Å². The minimum Gasteiger partial charge on any atom is -0.399 e. The largest absolute Gasteiger partial charge is 0.399 e. The standard InChI is InChI=1S/C7H9N/c1-6-4-2-3-5-7(6)8/h2-3,5H,1,4,8H2. The second-order valence-electron chi connectivity index (χ2n) is 1.86. The second-order valence-corrected chi connectivity index (χ2v) is 1.86. The van der Waals surface area contributed by atoms with E-state index in [-0.39, 0.29) is 0 Å². The van der Waals surface area contributed by atoms with Crippen LogP contribution in [0.25, 0.3) is 0 Å². The van der Waals surface area contributed by atoms with Crippen molar-refractivity contribution >= 4 is 0 Å². The Morgan fingerprint density at radius 2 is 2.38 bits per heavy atom. The van der Waals surface area contributed by atoms with Crippen LogP contribution in [0.5, 0.6) is 0 Å². The molecule has 1 aliphatic carbocycles. The molecule has 0 radical (unpaired) electrons. The van der Waals surface area contributed by atoms with Crippen LogP contribution >= 0.6 is 0 Å². The topological polar surface area (TPSA) is 26.0 Å². The summed E-state index contributed by atoms with van der Waals surface area (Å²) in [5.41, 5.74) is 7.32. The molecule has 0 fully saturated rings. The Balaban J connectivity index is 2.80. The summed E-state index contributed by atoms with van der Waals surface area (Å²) >= 11 is 0. The molecule has 0 amide bonds. The van der Waals surface area contributed by atoms with Gasteiger partial charge in [-0.3, -0.25) is 0 Å². The van der Waals surface area contributed by atoms with Crippen molar-refractivity contribution in [2.45, 2.75) is 6.42 Å². The zero-order valence-electron chi connectivity index (χ0n) is 4.72. The number of hydrogen-bond donors (Lipinski definition) is 1. The van der Waals surface area contributed by atoms with Crippen molar-refractivity contribution in [2.75, 3.05) is 0 Å². The quantitative estimate of drug-likeness (QED) is 0.496. The van der Waals surface area contributed by atoms with Crippen LogP contribution in [-0.2, 0) is 0 Å². The van der Waals surface area contributed by atoms with Crippen LogP contribution in [0, 0.1) is 0 Å². The van der Waals surface area contributed by atoms with Crippen molar-refractivity contribution < 1.29 is 0 Å². The lowest BCUT2D eigenvalue weighted by atomic mass is 10.1. The Morgan fingerprint density at radius 1 is 1.62 bits per heavy atom. The highest BCUT2D eigenvalue weighted by atomic mass is 14.6. The number of nitrogens with two attached hydrogens (primary N) is 1. The van der Waals surface area contributed by atoms with Gasteiger partial charge in [0.15, 0.2) is 0 Å². The van der Waals surface area contributed by atoms with E-state index >= 15 is 0 Å². The predicted octanol–water partition coefficient (Wildman–Crippen LogP) is 1.35. The molecule has 2 N–H and O–H groups in total. The second kappa shape index (κ2) is 1.86. The highest BCUT2D eigenvalue weighted by Gasteiger charge is 1.96. The Kier molecular flexibility index (Phi) is 1.20. The van der Waals surface area contributed by atoms with E-state index in [0.29, 0.717) is 0 Å². The van der Waals surface area contributed by atoms with Gasteiger partial charge in [0.2, 0.25) is 0 Å². The molecule has 0 aromatic carbocycles. The first-order valence-corrected chi connectivity index (χ1v) is 2.61. The van der Waals surface area contributed by atoms with Gasteiger partial charge >= 0.3 is 0 Å². The van der Waals surface area contributed by atoms with E-state index < -0.39 is 0 Å². The molecule has 0 saturated carbocycles. The van der Waals surface area contributed by atoms with Crippen molar-refractivity contribution in [1.29, 1.82) is 0 Å². The van der Waals surface area contributed by atoms with E-state index in [2.05, 4.69) is 6.58 Å². The summed E-state index contributed by atoms with van der Waals surface area (Å²) in [4.78, 5) is 0. The molecule has 0 aliphatic heterocycles. The van der Waals surface area contributed by atoms with Crippen molar-refractivity contribution in [2.24, 2.45) is 5.73 Å². The van der Waals surface area contributed by atoms with Gasteiger partial charge in [0.1, 0.15) is 0 Å². The summed E-state index contributed by atoms with van der Waals surface area (Å²) in [5, 5.41) is 0. The number of rotatable bonds is 0. The van der Waals surface area contributed by atoms with Crippen molar-refractivity contribution in [1.82, 2.24) is 0 Å². The van der Waals surface area contributed by atoms with E-state index in [1.54, 1.807) is 0 Å². The Bertz CT molecular complexity index is 163. The highest BCUT2D eigenvalue weighted by Crippen LogP contribution is 2.11. The summed E-state index contributed by atoms with van der Waals surface area (Å²) in [6.07, 6.45) is 6.76. The summed E-state index contributed by atoms with van der Waals surface area (Å²) < 4.78 is 0. The van der Waals surface area contributed by atoms with Crippen LogP contribution in [-0.4, -0.2) is 0 Å². The molecule has 0 aromatic heterocycles. The minimum absolute atomic E-state index is 0.813. The third-order valence-corrected chi connectivity index (χ3v) is 1.18. The number of hydrogen-bond acceptors (Lipinski definition) is 1. The van der Waals surface area contributed by atoms with Gasteiger partial charge in [-0.05, 0) is 18.1 Å². The van der Waals surface area contributed by atoms with Crippen LogP contribution in [0.2, 0.25) is 0 Å². The molecule has 8 heavy (non-hydrogen) atoms. The molecule has 0 spiro atoms. The van der Waals surface area contributed by atoms with Gasteiger partial charge in [0.05, 0.1) is 0 Å². The SMILES string of the molecule is C=C1CC=CC=C1N. The molecule has 1 heteroatoms. The molecule has 0 atom stereocenters. The van der Waals surface area contributed by atoms with Crippen LogP contribution in [0.4, 0.5) is 0 Å². The first kappa shape index (κ1) is 5.16. The van der Waals surface area contributed by atoms with Gasteiger partial charge in [0, 0.05) is 5.70 Å². The molecule has 1 nitrogen and oxygen atoms in total. The van der Waals surface area contributed by atoms with E-state index in [0.717, 1.165) is 17.7 Å². The molecule has 0 heterocycles. The molecular weight excluding hydrogens is 98.1 g/mol. The third-order valence-electron chi connectivity index (χ3n) is 1.18. The van der Waals surface area contributed by atoms with Gasteiger partial charge in [0.25, 0.3) is 0 Å². The summed E-state index contributed by atoms with van der Waals surface area (Å²) in [6.45, 7) is 3.75. The Hall–Kier alpha value is -0.980.